The quantitative estimate of drug-likeness (QED) is 0.0900. The molecule has 0 saturated carbocycles. The molecule has 8 nitrogen and oxygen atoms in total. The number of hydrogen-bond acceptors (Lipinski definition) is 5. The zero-order valence-electron chi connectivity index (χ0n) is 27.7. The lowest BCUT2D eigenvalue weighted by atomic mass is 9.98. The van der Waals surface area contributed by atoms with E-state index in [0.29, 0.717) is 38.0 Å². The molecule has 0 aliphatic heterocycles. The molecule has 0 unspecified atom stereocenters. The van der Waals surface area contributed by atoms with Crippen molar-refractivity contribution in [3.63, 3.8) is 0 Å². The van der Waals surface area contributed by atoms with Crippen LogP contribution >= 0.6 is 0 Å². The molecule has 3 aromatic carbocycles. The van der Waals surface area contributed by atoms with Crippen LogP contribution in [0.2, 0.25) is 0 Å². The van der Waals surface area contributed by atoms with Crippen LogP contribution in [0.1, 0.15) is 66.7 Å². The first-order valence-electron chi connectivity index (χ1n) is 17.0. The van der Waals surface area contributed by atoms with Gasteiger partial charge in [-0.2, -0.15) is 0 Å². The molecule has 5 aromatic rings. The second-order valence-electron chi connectivity index (χ2n) is 12.2. The van der Waals surface area contributed by atoms with Crippen LogP contribution in [-0.4, -0.2) is 58.9 Å². The predicted molar refractivity (Wildman–Crippen MR) is 191 cm³/mol. The minimum Gasteiger partial charge on any atom is -0.361 e. The smallest absolute Gasteiger partial charge is 0.252 e. The van der Waals surface area contributed by atoms with Crippen molar-refractivity contribution >= 4 is 33.5 Å². The van der Waals surface area contributed by atoms with Gasteiger partial charge in [-0.05, 0) is 97.9 Å². The molecule has 0 radical (unpaired) electrons. The molecule has 8 heteroatoms. The Bertz CT molecular complexity index is 1730. The number of benzene rings is 3. The summed E-state index contributed by atoms with van der Waals surface area (Å²) in [6, 6.07) is 25.3. The van der Waals surface area contributed by atoms with Gasteiger partial charge < -0.3 is 25.8 Å². The highest BCUT2D eigenvalue weighted by atomic mass is 16.2. The monoisotopic (exact) mass is 632 g/mol. The third-order valence-corrected chi connectivity index (χ3v) is 8.64. The van der Waals surface area contributed by atoms with Crippen LogP contribution < -0.4 is 16.0 Å². The van der Waals surface area contributed by atoms with Crippen LogP contribution in [0.5, 0.6) is 0 Å². The van der Waals surface area contributed by atoms with Gasteiger partial charge in [-0.3, -0.25) is 14.6 Å². The van der Waals surface area contributed by atoms with Gasteiger partial charge in [-0.15, -0.1) is 0 Å². The van der Waals surface area contributed by atoms with E-state index in [0.717, 1.165) is 72.0 Å². The molecule has 246 valence electrons. The van der Waals surface area contributed by atoms with Crippen molar-refractivity contribution in [1.29, 1.82) is 0 Å². The molecule has 0 aliphatic rings. The Morgan fingerprint density at radius 2 is 1.55 bits per heavy atom. The van der Waals surface area contributed by atoms with Crippen molar-refractivity contribution in [2.45, 2.75) is 65.1 Å². The van der Waals surface area contributed by atoms with Crippen molar-refractivity contribution in [1.82, 2.24) is 30.8 Å². The molecule has 0 fully saturated rings. The lowest BCUT2D eigenvalue weighted by Gasteiger charge is -2.23. The minimum atomic E-state index is -0.631. The fraction of sp³-hybridized carbons (Fsp3) is 0.359. The third-order valence-electron chi connectivity index (χ3n) is 8.64. The van der Waals surface area contributed by atoms with Crippen molar-refractivity contribution in [2.24, 2.45) is 0 Å². The molecule has 47 heavy (non-hydrogen) atoms. The zero-order valence-corrected chi connectivity index (χ0v) is 27.7. The molecule has 0 spiro atoms. The van der Waals surface area contributed by atoms with Gasteiger partial charge in [0.15, 0.2) is 0 Å². The summed E-state index contributed by atoms with van der Waals surface area (Å²) in [4.78, 5) is 37.6. The second-order valence-corrected chi connectivity index (χ2v) is 12.2. The average molecular weight is 633 g/mol. The SMILES string of the molecule is CCCN(CCC)CCC[C@H](NC(=O)c1ccc(CNCc2ccccn2)c2ccccc12)C(=O)NCCc1c[nH]c2ccccc12. The van der Waals surface area contributed by atoms with E-state index in [2.05, 4.69) is 62.9 Å². The number of aromatic amines is 1. The Balaban J connectivity index is 1.27. The van der Waals surface area contributed by atoms with Crippen LogP contribution in [-0.2, 0) is 24.3 Å². The van der Waals surface area contributed by atoms with E-state index >= 15 is 0 Å². The first-order chi connectivity index (χ1) is 23.1. The maximum absolute atomic E-state index is 13.9. The Hall–Kier alpha value is -4.53. The van der Waals surface area contributed by atoms with Gasteiger partial charge in [0.05, 0.1) is 5.69 Å². The lowest BCUT2D eigenvalue weighted by Crippen LogP contribution is -2.47. The zero-order chi connectivity index (χ0) is 32.8. The van der Waals surface area contributed by atoms with E-state index in [1.165, 1.54) is 5.39 Å². The highest BCUT2D eigenvalue weighted by Crippen LogP contribution is 2.24. The summed E-state index contributed by atoms with van der Waals surface area (Å²) in [5.41, 5.74) is 4.91. The van der Waals surface area contributed by atoms with Gasteiger partial charge in [0.2, 0.25) is 5.91 Å². The van der Waals surface area contributed by atoms with E-state index < -0.39 is 6.04 Å². The first-order valence-corrected chi connectivity index (χ1v) is 17.0. The fourth-order valence-electron chi connectivity index (χ4n) is 6.32. The molecule has 4 N–H and O–H groups in total. The molecule has 1 atom stereocenters. The van der Waals surface area contributed by atoms with E-state index in [9.17, 15) is 9.59 Å². The van der Waals surface area contributed by atoms with E-state index in [-0.39, 0.29) is 11.8 Å². The fourth-order valence-corrected chi connectivity index (χ4v) is 6.32. The minimum absolute atomic E-state index is 0.143. The van der Waals surface area contributed by atoms with Gasteiger partial charge in [-0.1, -0.05) is 68.4 Å². The van der Waals surface area contributed by atoms with Gasteiger partial charge in [0.25, 0.3) is 5.91 Å². The van der Waals surface area contributed by atoms with E-state index in [4.69, 9.17) is 0 Å². The largest absolute Gasteiger partial charge is 0.361 e. The maximum Gasteiger partial charge on any atom is 0.252 e. The number of nitrogens with one attached hydrogen (secondary N) is 4. The summed E-state index contributed by atoms with van der Waals surface area (Å²) in [6.07, 6.45) is 8.09. The number of nitrogens with zero attached hydrogens (tertiary/aromatic N) is 2. The van der Waals surface area contributed by atoms with Crippen LogP contribution in [0, 0.1) is 0 Å². The normalized spacial score (nSPS) is 12.1. The average Bonchev–Trinajstić information content (AvgIpc) is 3.51. The number of hydrogen-bond donors (Lipinski definition) is 4. The number of fused-ring (bicyclic) bond motifs is 2. The Morgan fingerprint density at radius 3 is 2.32 bits per heavy atom. The number of H-pyrrole nitrogens is 1. The highest BCUT2D eigenvalue weighted by molar-refractivity contribution is 6.09. The number of carbonyl (C=O) groups excluding carboxylic acids is 2. The summed E-state index contributed by atoms with van der Waals surface area (Å²) in [7, 11) is 0. The summed E-state index contributed by atoms with van der Waals surface area (Å²) >= 11 is 0. The van der Waals surface area contributed by atoms with Crippen LogP contribution in [0.25, 0.3) is 21.7 Å². The topological polar surface area (TPSA) is 102 Å². The summed E-state index contributed by atoms with van der Waals surface area (Å²) in [5.74, 6) is -0.375. The van der Waals surface area contributed by atoms with Crippen molar-refractivity contribution < 1.29 is 9.59 Å². The second kappa shape index (κ2) is 17.4. The molecular weight excluding hydrogens is 584 g/mol. The highest BCUT2D eigenvalue weighted by Gasteiger charge is 2.23. The molecule has 0 saturated heterocycles. The van der Waals surface area contributed by atoms with Crippen molar-refractivity contribution in [3.8, 4) is 0 Å². The Morgan fingerprint density at radius 1 is 0.809 bits per heavy atom. The number of carbonyl (C=O) groups is 2. The van der Waals surface area contributed by atoms with Gasteiger partial charge in [-0.25, -0.2) is 0 Å². The number of amides is 2. The van der Waals surface area contributed by atoms with E-state index in [1.807, 2.05) is 66.9 Å². The Labute approximate surface area is 278 Å². The Kier molecular flexibility index (Phi) is 12.5. The summed E-state index contributed by atoms with van der Waals surface area (Å²) in [5, 5.41) is 12.8. The summed E-state index contributed by atoms with van der Waals surface area (Å²) < 4.78 is 0. The van der Waals surface area contributed by atoms with Gasteiger partial charge >= 0.3 is 0 Å². The first kappa shape index (κ1) is 33.8. The molecule has 0 bridgehead atoms. The van der Waals surface area contributed by atoms with Crippen LogP contribution in [0.3, 0.4) is 0 Å². The predicted octanol–water partition coefficient (Wildman–Crippen LogP) is 6.37. The van der Waals surface area contributed by atoms with E-state index in [1.54, 1.807) is 6.20 Å². The molecular formula is C39H48N6O2. The molecule has 2 heterocycles. The molecule has 2 amide bonds. The number of pyridine rings is 1. The molecule has 0 aliphatic carbocycles. The molecule has 2 aromatic heterocycles. The lowest BCUT2D eigenvalue weighted by molar-refractivity contribution is -0.123. The van der Waals surface area contributed by atoms with Crippen LogP contribution in [0.15, 0.2) is 91.3 Å². The third kappa shape index (κ3) is 9.27. The standard InChI is InChI=1S/C39H48N6O2/c1-3-23-45(24-4-2)25-11-17-37(39(47)42-22-20-30-27-43-36-16-8-7-14-33(30)36)44-38(46)35-19-18-29(32-13-5-6-15-34(32)35)26-40-28-31-12-9-10-21-41-31/h5-10,12-16,18-19,21,27,37,40,43H,3-4,11,17,20,22-26,28H2,1-2H3,(H,42,47)(H,44,46)/t37-/m0/s1. The summed E-state index contributed by atoms with van der Waals surface area (Å²) in [6.45, 7) is 9.16. The maximum atomic E-state index is 13.9. The van der Waals surface area contributed by atoms with Crippen molar-refractivity contribution in [2.75, 3.05) is 26.2 Å². The van der Waals surface area contributed by atoms with Gasteiger partial charge in [0.1, 0.15) is 6.04 Å². The van der Waals surface area contributed by atoms with Crippen molar-refractivity contribution in [3.05, 3.63) is 114 Å². The van der Waals surface area contributed by atoms with Crippen LogP contribution in [0.4, 0.5) is 0 Å². The number of para-hydroxylation sites is 1. The number of aromatic nitrogens is 2. The number of rotatable bonds is 18. The molecule has 5 rings (SSSR count). The van der Waals surface area contributed by atoms with Gasteiger partial charge in [0, 0.05) is 48.5 Å².